The monoisotopic (exact) mass is 220 g/mol. The van der Waals surface area contributed by atoms with Gasteiger partial charge in [0, 0.05) is 12.2 Å². The Hall–Kier alpha value is -0.930. The first kappa shape index (κ1) is 10.6. The zero-order chi connectivity index (χ0) is 10.7. The van der Waals surface area contributed by atoms with Gasteiger partial charge in [-0.2, -0.15) is 0 Å². The minimum absolute atomic E-state index is 0.143. The highest BCUT2D eigenvalue weighted by molar-refractivity contribution is 7.17. The molecular weight excluding hydrogens is 204 g/mol. The van der Waals surface area contributed by atoms with Crippen LogP contribution in [0.1, 0.15) is 37.8 Å². The van der Waals surface area contributed by atoms with E-state index in [4.69, 9.17) is 5.73 Å². The summed E-state index contributed by atoms with van der Waals surface area (Å²) in [5, 5.41) is 2.07. The van der Waals surface area contributed by atoms with Gasteiger partial charge in [0.05, 0.1) is 10.2 Å². The van der Waals surface area contributed by atoms with Gasteiger partial charge in [0.25, 0.3) is 0 Å². The van der Waals surface area contributed by atoms with Gasteiger partial charge in [-0.25, -0.2) is 0 Å². The smallest absolute Gasteiger partial charge is 0.0809 e. The predicted octanol–water partition coefficient (Wildman–Crippen LogP) is 3.49. The highest BCUT2D eigenvalue weighted by atomic mass is 32.1. The lowest BCUT2D eigenvalue weighted by molar-refractivity contribution is 0.602. The molecule has 0 spiro atoms. The van der Waals surface area contributed by atoms with Gasteiger partial charge in [0.1, 0.15) is 0 Å². The van der Waals surface area contributed by atoms with Crippen LogP contribution >= 0.6 is 11.3 Å². The molecule has 0 aliphatic carbocycles. The van der Waals surface area contributed by atoms with E-state index in [0.717, 1.165) is 11.9 Å². The van der Waals surface area contributed by atoms with Crippen molar-refractivity contribution in [3.63, 3.8) is 0 Å². The Labute approximate surface area is 94.1 Å². The van der Waals surface area contributed by atoms with Crippen LogP contribution in [0.2, 0.25) is 0 Å². The summed E-state index contributed by atoms with van der Waals surface area (Å²) >= 11 is 1.72. The van der Waals surface area contributed by atoms with Crippen molar-refractivity contribution in [1.29, 1.82) is 0 Å². The molecule has 2 aromatic rings. The van der Waals surface area contributed by atoms with Gasteiger partial charge >= 0.3 is 0 Å². The lowest BCUT2D eigenvalue weighted by atomic mass is 10.0. The number of rotatable bonds is 4. The van der Waals surface area contributed by atoms with Crippen LogP contribution in [0.4, 0.5) is 0 Å². The van der Waals surface area contributed by atoms with Gasteiger partial charge in [-0.05, 0) is 29.5 Å². The van der Waals surface area contributed by atoms with E-state index in [-0.39, 0.29) is 6.04 Å². The number of pyridine rings is 1. The molecule has 0 saturated heterocycles. The highest BCUT2D eigenvalue weighted by Crippen LogP contribution is 2.23. The summed E-state index contributed by atoms with van der Waals surface area (Å²) in [6.07, 6.45) is 5.34. The Morgan fingerprint density at radius 3 is 3.20 bits per heavy atom. The second-order valence-electron chi connectivity index (χ2n) is 3.82. The molecule has 80 valence electrons. The standard InChI is InChI=1S/C12H16N2S/c1-2-3-4-10(13)9-7-12-11(14-8-9)5-6-15-12/h5-8,10H,2-4,13H2,1H3. The fraction of sp³-hybridized carbons (Fsp3) is 0.417. The van der Waals surface area contributed by atoms with Crippen LogP contribution in [-0.2, 0) is 0 Å². The Kier molecular flexibility index (Phi) is 3.34. The van der Waals surface area contributed by atoms with Gasteiger partial charge in [0.15, 0.2) is 0 Å². The third-order valence-electron chi connectivity index (χ3n) is 2.62. The maximum atomic E-state index is 6.11. The normalized spacial score (nSPS) is 13.2. The molecule has 0 radical (unpaired) electrons. The molecule has 1 atom stereocenters. The van der Waals surface area contributed by atoms with Crippen molar-refractivity contribution >= 4 is 21.6 Å². The summed E-state index contributed by atoms with van der Waals surface area (Å²) < 4.78 is 1.24. The van der Waals surface area contributed by atoms with Gasteiger partial charge in [0.2, 0.25) is 0 Å². The van der Waals surface area contributed by atoms with E-state index in [2.05, 4.69) is 23.4 Å². The summed E-state index contributed by atoms with van der Waals surface area (Å²) in [5.74, 6) is 0. The molecule has 2 heterocycles. The molecule has 0 amide bonds. The summed E-state index contributed by atoms with van der Waals surface area (Å²) in [7, 11) is 0. The van der Waals surface area contributed by atoms with E-state index in [1.54, 1.807) is 11.3 Å². The van der Waals surface area contributed by atoms with Crippen molar-refractivity contribution in [3.8, 4) is 0 Å². The van der Waals surface area contributed by atoms with Gasteiger partial charge in [-0.15, -0.1) is 11.3 Å². The van der Waals surface area contributed by atoms with Crippen LogP contribution in [0.25, 0.3) is 10.2 Å². The molecule has 2 nitrogen and oxygen atoms in total. The number of hydrogen-bond acceptors (Lipinski definition) is 3. The fourth-order valence-corrected chi connectivity index (χ4v) is 2.44. The minimum Gasteiger partial charge on any atom is -0.324 e. The van der Waals surface area contributed by atoms with Crippen LogP contribution in [0.15, 0.2) is 23.7 Å². The highest BCUT2D eigenvalue weighted by Gasteiger charge is 2.07. The average molecular weight is 220 g/mol. The number of fused-ring (bicyclic) bond motifs is 1. The van der Waals surface area contributed by atoms with Crippen molar-refractivity contribution in [2.75, 3.05) is 0 Å². The number of unbranched alkanes of at least 4 members (excludes halogenated alkanes) is 1. The lowest BCUT2D eigenvalue weighted by Crippen LogP contribution is -2.10. The molecule has 2 N–H and O–H groups in total. The molecule has 0 aliphatic rings. The average Bonchev–Trinajstić information content (AvgIpc) is 2.72. The third kappa shape index (κ3) is 2.36. The summed E-state index contributed by atoms with van der Waals surface area (Å²) in [6, 6.07) is 4.36. The molecule has 15 heavy (non-hydrogen) atoms. The molecule has 0 fully saturated rings. The summed E-state index contributed by atoms with van der Waals surface area (Å²) in [4.78, 5) is 4.40. The lowest BCUT2D eigenvalue weighted by Gasteiger charge is -2.10. The number of aromatic nitrogens is 1. The fourth-order valence-electron chi connectivity index (χ4n) is 1.66. The molecule has 1 unspecified atom stereocenters. The Morgan fingerprint density at radius 2 is 2.40 bits per heavy atom. The molecule has 3 heteroatoms. The largest absolute Gasteiger partial charge is 0.324 e. The first-order chi connectivity index (χ1) is 7.31. The van der Waals surface area contributed by atoms with Gasteiger partial charge < -0.3 is 5.73 Å². The summed E-state index contributed by atoms with van der Waals surface area (Å²) in [5.41, 5.74) is 8.35. The molecule has 2 rings (SSSR count). The molecule has 0 saturated carbocycles. The van der Waals surface area contributed by atoms with E-state index in [0.29, 0.717) is 0 Å². The maximum Gasteiger partial charge on any atom is 0.0809 e. The Balaban J connectivity index is 2.19. The zero-order valence-electron chi connectivity index (χ0n) is 8.94. The Bertz CT molecular complexity index is 436. The first-order valence-corrected chi connectivity index (χ1v) is 6.28. The summed E-state index contributed by atoms with van der Waals surface area (Å²) in [6.45, 7) is 2.19. The molecular formula is C12H16N2S. The van der Waals surface area contributed by atoms with E-state index in [1.807, 2.05) is 12.3 Å². The molecule has 2 aromatic heterocycles. The number of thiophene rings is 1. The van der Waals surface area contributed by atoms with Gasteiger partial charge in [-0.1, -0.05) is 19.8 Å². The van der Waals surface area contributed by atoms with E-state index >= 15 is 0 Å². The van der Waals surface area contributed by atoms with E-state index in [1.165, 1.54) is 23.1 Å². The van der Waals surface area contributed by atoms with Crippen molar-refractivity contribution in [3.05, 3.63) is 29.3 Å². The SMILES string of the molecule is CCCCC(N)c1cnc2ccsc2c1. The van der Waals surface area contributed by atoms with E-state index < -0.39 is 0 Å². The topological polar surface area (TPSA) is 38.9 Å². The van der Waals surface area contributed by atoms with Crippen molar-refractivity contribution in [2.45, 2.75) is 32.2 Å². The van der Waals surface area contributed by atoms with Crippen LogP contribution in [0.5, 0.6) is 0 Å². The maximum absolute atomic E-state index is 6.11. The van der Waals surface area contributed by atoms with Crippen molar-refractivity contribution < 1.29 is 0 Å². The van der Waals surface area contributed by atoms with Crippen LogP contribution in [-0.4, -0.2) is 4.98 Å². The number of nitrogens with two attached hydrogens (primary N) is 1. The quantitative estimate of drug-likeness (QED) is 0.856. The molecule has 0 aromatic carbocycles. The minimum atomic E-state index is 0.143. The zero-order valence-corrected chi connectivity index (χ0v) is 9.76. The van der Waals surface area contributed by atoms with E-state index in [9.17, 15) is 0 Å². The van der Waals surface area contributed by atoms with Gasteiger partial charge in [-0.3, -0.25) is 4.98 Å². The van der Waals surface area contributed by atoms with Crippen LogP contribution < -0.4 is 5.73 Å². The third-order valence-corrected chi connectivity index (χ3v) is 3.47. The second-order valence-corrected chi connectivity index (χ2v) is 4.77. The number of hydrogen-bond donors (Lipinski definition) is 1. The predicted molar refractivity (Wildman–Crippen MR) is 66.1 cm³/mol. The van der Waals surface area contributed by atoms with Crippen LogP contribution in [0, 0.1) is 0 Å². The van der Waals surface area contributed by atoms with Crippen molar-refractivity contribution in [1.82, 2.24) is 4.98 Å². The van der Waals surface area contributed by atoms with Crippen LogP contribution in [0.3, 0.4) is 0 Å². The molecule has 0 bridgehead atoms. The number of nitrogens with zero attached hydrogens (tertiary/aromatic N) is 1. The first-order valence-electron chi connectivity index (χ1n) is 5.40. The molecule has 0 aliphatic heterocycles. The van der Waals surface area contributed by atoms with Crippen molar-refractivity contribution in [2.24, 2.45) is 5.73 Å². The Morgan fingerprint density at radius 1 is 1.53 bits per heavy atom. The second kappa shape index (κ2) is 4.73.